The average molecular weight is 355 g/mol. The smallest absolute Gasteiger partial charge is 0.0633 e. The average Bonchev–Trinajstić information content (AvgIpc) is 3.19. The number of aliphatic hydroxyl groups excluding tert-OH is 1. The third-order valence-corrected chi connectivity index (χ3v) is 6.36. The lowest BCUT2D eigenvalue weighted by Gasteiger charge is -2.28. The second-order valence-electron chi connectivity index (χ2n) is 9.18. The van der Waals surface area contributed by atoms with Crippen molar-refractivity contribution in [3.63, 3.8) is 0 Å². The summed E-state index contributed by atoms with van der Waals surface area (Å²) < 4.78 is 12.2. The Kier molecular flexibility index (Phi) is 9.23. The zero-order valence-electron chi connectivity index (χ0n) is 17.0. The second-order valence-corrected chi connectivity index (χ2v) is 9.18. The fourth-order valence-electron chi connectivity index (χ4n) is 4.59. The van der Waals surface area contributed by atoms with Gasteiger partial charge in [-0.3, -0.25) is 0 Å². The van der Waals surface area contributed by atoms with E-state index in [1.165, 1.54) is 64.2 Å². The molecule has 0 amide bonds. The van der Waals surface area contributed by atoms with Crippen molar-refractivity contribution in [2.75, 3.05) is 19.8 Å². The lowest BCUT2D eigenvalue weighted by Crippen LogP contribution is -2.31. The van der Waals surface area contributed by atoms with E-state index < -0.39 is 0 Å². The summed E-state index contributed by atoms with van der Waals surface area (Å²) in [6.07, 6.45) is 14.8. The Labute approximate surface area is 155 Å². The van der Waals surface area contributed by atoms with Gasteiger partial charge in [0.15, 0.2) is 0 Å². The molecule has 2 heterocycles. The molecule has 4 atom stereocenters. The molecule has 0 spiro atoms. The van der Waals surface area contributed by atoms with Gasteiger partial charge in [0.2, 0.25) is 0 Å². The summed E-state index contributed by atoms with van der Waals surface area (Å²) in [6.45, 7) is 8.70. The molecule has 25 heavy (non-hydrogen) atoms. The Hall–Kier alpha value is -0.120. The first-order valence-electron chi connectivity index (χ1n) is 10.9. The van der Waals surface area contributed by atoms with E-state index in [0.717, 1.165) is 25.6 Å². The highest BCUT2D eigenvalue weighted by Gasteiger charge is 2.48. The molecule has 2 fully saturated rings. The maximum Gasteiger partial charge on any atom is 0.0633 e. The summed E-state index contributed by atoms with van der Waals surface area (Å²) in [7, 11) is 0. The Morgan fingerprint density at radius 2 is 1.68 bits per heavy atom. The first kappa shape index (κ1) is 21.2. The summed E-state index contributed by atoms with van der Waals surface area (Å²) in [5.74, 6) is 1.36. The molecule has 3 heteroatoms. The van der Waals surface area contributed by atoms with Gasteiger partial charge in [-0.25, -0.2) is 0 Å². The highest BCUT2D eigenvalue weighted by molar-refractivity contribution is 4.96. The summed E-state index contributed by atoms with van der Waals surface area (Å²) in [6, 6.07) is 0. The van der Waals surface area contributed by atoms with Crippen LogP contribution in [0, 0.1) is 17.3 Å². The van der Waals surface area contributed by atoms with E-state index in [-0.39, 0.29) is 5.41 Å². The van der Waals surface area contributed by atoms with Crippen molar-refractivity contribution in [3.8, 4) is 0 Å². The molecule has 3 nitrogen and oxygen atoms in total. The van der Waals surface area contributed by atoms with Gasteiger partial charge in [-0.05, 0) is 43.4 Å². The Bertz CT molecular complexity index is 355. The van der Waals surface area contributed by atoms with E-state index in [2.05, 4.69) is 20.8 Å². The number of hydrogen-bond acceptors (Lipinski definition) is 3. The zero-order chi connectivity index (χ0) is 18.1. The van der Waals surface area contributed by atoms with E-state index in [4.69, 9.17) is 9.47 Å². The first-order chi connectivity index (χ1) is 12.1. The van der Waals surface area contributed by atoms with Crippen molar-refractivity contribution in [3.05, 3.63) is 0 Å². The van der Waals surface area contributed by atoms with Crippen LogP contribution in [0.2, 0.25) is 0 Å². The van der Waals surface area contributed by atoms with Gasteiger partial charge in [-0.15, -0.1) is 0 Å². The minimum absolute atomic E-state index is 0.0870. The molecule has 0 aliphatic carbocycles. The normalized spacial score (nSPS) is 28.8. The minimum Gasteiger partial charge on any atom is -0.396 e. The summed E-state index contributed by atoms with van der Waals surface area (Å²) in [4.78, 5) is 0. The van der Waals surface area contributed by atoms with Gasteiger partial charge in [0.1, 0.15) is 0 Å². The fraction of sp³-hybridized carbons (Fsp3) is 1.00. The number of aliphatic hydroxyl groups is 1. The molecule has 0 aromatic rings. The molecular formula is C22H42O3. The number of hydrogen-bond donors (Lipinski definition) is 1. The van der Waals surface area contributed by atoms with Gasteiger partial charge in [0, 0.05) is 19.1 Å². The van der Waals surface area contributed by atoms with E-state index in [0.29, 0.717) is 24.7 Å². The lowest BCUT2D eigenvalue weighted by molar-refractivity contribution is 0.0473. The number of ether oxygens (including phenoxy) is 2. The van der Waals surface area contributed by atoms with Gasteiger partial charge in [0.05, 0.1) is 18.8 Å². The van der Waals surface area contributed by atoms with Crippen molar-refractivity contribution < 1.29 is 14.6 Å². The van der Waals surface area contributed by atoms with Crippen molar-refractivity contribution in [2.45, 2.75) is 104 Å². The summed E-state index contributed by atoms with van der Waals surface area (Å²) in [5, 5.41) is 9.35. The Morgan fingerprint density at radius 3 is 2.40 bits per heavy atom. The maximum atomic E-state index is 9.35. The zero-order valence-corrected chi connectivity index (χ0v) is 17.0. The van der Waals surface area contributed by atoms with Crippen LogP contribution in [-0.2, 0) is 9.47 Å². The van der Waals surface area contributed by atoms with Crippen LogP contribution in [0.4, 0.5) is 0 Å². The third kappa shape index (κ3) is 6.84. The molecule has 0 unspecified atom stereocenters. The molecule has 0 radical (unpaired) electrons. The number of unbranched alkanes of at least 4 members (excludes halogenated alkanes) is 5. The number of fused-ring (bicyclic) bond motifs is 2. The molecular weight excluding hydrogens is 312 g/mol. The topological polar surface area (TPSA) is 38.7 Å². The highest BCUT2D eigenvalue weighted by atomic mass is 16.5. The van der Waals surface area contributed by atoms with Crippen molar-refractivity contribution in [1.82, 2.24) is 0 Å². The largest absolute Gasteiger partial charge is 0.396 e. The molecule has 2 bridgehead atoms. The van der Waals surface area contributed by atoms with E-state index in [9.17, 15) is 5.11 Å². The SMILES string of the molecule is CCCCCCOC[C@H]1[C@@H](CCCCCC(C)(C)CO)[C@H]2CC[C@@H]1O2. The Balaban J connectivity index is 1.62. The minimum atomic E-state index is 0.0870. The van der Waals surface area contributed by atoms with Crippen molar-refractivity contribution in [2.24, 2.45) is 17.3 Å². The van der Waals surface area contributed by atoms with Crippen LogP contribution >= 0.6 is 0 Å². The molecule has 148 valence electrons. The van der Waals surface area contributed by atoms with Crippen molar-refractivity contribution in [1.29, 1.82) is 0 Å². The molecule has 2 saturated heterocycles. The molecule has 0 saturated carbocycles. The molecule has 2 aliphatic heterocycles. The molecule has 0 aromatic heterocycles. The third-order valence-electron chi connectivity index (χ3n) is 6.36. The predicted octanol–water partition coefficient (Wildman–Crippen LogP) is 5.35. The van der Waals surface area contributed by atoms with Gasteiger partial charge >= 0.3 is 0 Å². The van der Waals surface area contributed by atoms with Gasteiger partial charge in [0.25, 0.3) is 0 Å². The van der Waals surface area contributed by atoms with Crippen molar-refractivity contribution >= 4 is 0 Å². The van der Waals surface area contributed by atoms with E-state index in [1.807, 2.05) is 0 Å². The van der Waals surface area contributed by atoms with E-state index in [1.54, 1.807) is 0 Å². The molecule has 0 aromatic carbocycles. The highest BCUT2D eigenvalue weighted by Crippen LogP contribution is 2.45. The monoisotopic (exact) mass is 354 g/mol. The van der Waals surface area contributed by atoms with Crippen LogP contribution in [0.3, 0.4) is 0 Å². The van der Waals surface area contributed by atoms with Crippen LogP contribution in [0.5, 0.6) is 0 Å². The number of rotatable bonds is 14. The molecule has 2 rings (SSSR count). The summed E-state index contributed by atoms with van der Waals surface area (Å²) in [5.41, 5.74) is 0.0870. The first-order valence-corrected chi connectivity index (χ1v) is 10.9. The Morgan fingerprint density at radius 1 is 0.960 bits per heavy atom. The standard InChI is InChI=1S/C22H42O3/c1-4-5-6-10-15-24-16-19-18(20-12-13-21(19)25-20)11-8-7-9-14-22(2,3)17-23/h18-21,23H,4-17H2,1-3H3/t18-,19+,20-,21+/m1/s1. The van der Waals surface area contributed by atoms with Gasteiger partial charge < -0.3 is 14.6 Å². The van der Waals surface area contributed by atoms with Crippen LogP contribution in [0.15, 0.2) is 0 Å². The van der Waals surface area contributed by atoms with Crippen LogP contribution in [-0.4, -0.2) is 37.1 Å². The lowest BCUT2D eigenvalue weighted by atomic mass is 9.77. The molecule has 2 aliphatic rings. The fourth-order valence-corrected chi connectivity index (χ4v) is 4.59. The molecule has 1 N–H and O–H groups in total. The summed E-state index contributed by atoms with van der Waals surface area (Å²) >= 11 is 0. The maximum absolute atomic E-state index is 9.35. The van der Waals surface area contributed by atoms with Crippen LogP contribution in [0.1, 0.15) is 91.4 Å². The van der Waals surface area contributed by atoms with Crippen LogP contribution < -0.4 is 0 Å². The quantitative estimate of drug-likeness (QED) is 0.428. The van der Waals surface area contributed by atoms with Gasteiger partial charge in [-0.1, -0.05) is 59.3 Å². The second kappa shape index (κ2) is 10.9. The van der Waals surface area contributed by atoms with E-state index >= 15 is 0 Å². The van der Waals surface area contributed by atoms with Gasteiger partial charge in [-0.2, -0.15) is 0 Å². The van der Waals surface area contributed by atoms with Crippen LogP contribution in [0.25, 0.3) is 0 Å². The predicted molar refractivity (Wildman–Crippen MR) is 104 cm³/mol.